The number of aldehydes is 1. The quantitative estimate of drug-likeness (QED) is 0.687. The third-order valence-electron chi connectivity index (χ3n) is 2.36. The van der Waals surface area contributed by atoms with Gasteiger partial charge in [0, 0.05) is 28.2 Å². The Morgan fingerprint density at radius 3 is 3.00 bits per heavy atom. The minimum Gasteiger partial charge on any atom is -0.297 e. The molecule has 3 heterocycles. The molecule has 0 saturated heterocycles. The normalized spacial score (nSPS) is 10.8. The molecule has 1 N–H and O–H groups in total. The Kier molecular flexibility index (Phi) is 2.04. The predicted molar refractivity (Wildman–Crippen MR) is 62.6 cm³/mol. The van der Waals surface area contributed by atoms with Crippen LogP contribution in [0.3, 0.4) is 0 Å². The van der Waals surface area contributed by atoms with Crippen LogP contribution in [0.15, 0.2) is 30.7 Å². The molecule has 0 unspecified atom stereocenters. The molecule has 3 aromatic heterocycles. The maximum atomic E-state index is 10.6. The number of hydrogen-bond acceptors (Lipinski definition) is 4. The van der Waals surface area contributed by atoms with Gasteiger partial charge in [-0.2, -0.15) is 5.10 Å². The number of fused-ring (bicyclic) bond motifs is 1. The van der Waals surface area contributed by atoms with Gasteiger partial charge in [-0.15, -0.1) is 11.3 Å². The van der Waals surface area contributed by atoms with Gasteiger partial charge in [0.25, 0.3) is 0 Å². The van der Waals surface area contributed by atoms with Crippen LogP contribution in [0.5, 0.6) is 0 Å². The van der Waals surface area contributed by atoms with E-state index in [9.17, 15) is 4.79 Å². The molecule has 0 radical (unpaired) electrons. The molecule has 0 aliphatic carbocycles. The highest BCUT2D eigenvalue weighted by molar-refractivity contribution is 7.17. The lowest BCUT2D eigenvalue weighted by atomic mass is 10.2. The van der Waals surface area contributed by atoms with Crippen molar-refractivity contribution >= 4 is 28.5 Å². The fourth-order valence-corrected chi connectivity index (χ4v) is 2.45. The number of nitrogens with zero attached hydrogens (tertiary/aromatic N) is 2. The molecule has 3 rings (SSSR count). The van der Waals surface area contributed by atoms with Crippen LogP contribution >= 0.6 is 11.3 Å². The van der Waals surface area contributed by atoms with E-state index >= 15 is 0 Å². The van der Waals surface area contributed by atoms with Crippen LogP contribution in [-0.4, -0.2) is 21.5 Å². The van der Waals surface area contributed by atoms with Gasteiger partial charge in [-0.05, 0) is 12.1 Å². The largest absolute Gasteiger partial charge is 0.297 e. The van der Waals surface area contributed by atoms with Crippen molar-refractivity contribution < 1.29 is 4.79 Å². The van der Waals surface area contributed by atoms with Gasteiger partial charge in [0.15, 0.2) is 6.29 Å². The van der Waals surface area contributed by atoms with Gasteiger partial charge in [-0.25, -0.2) is 0 Å². The Balaban J connectivity index is 2.24. The molecule has 0 aliphatic rings. The fourth-order valence-electron chi connectivity index (χ4n) is 1.61. The Bertz CT molecular complexity index is 656. The minimum atomic E-state index is 0.714. The number of nitrogens with one attached hydrogen (secondary N) is 1. The predicted octanol–water partition coefficient (Wildman–Crippen LogP) is 2.50. The van der Waals surface area contributed by atoms with Gasteiger partial charge in [0.1, 0.15) is 0 Å². The van der Waals surface area contributed by atoms with E-state index in [4.69, 9.17) is 0 Å². The zero-order valence-electron chi connectivity index (χ0n) is 8.18. The molecule has 4 nitrogen and oxygen atoms in total. The molecule has 16 heavy (non-hydrogen) atoms. The Hall–Kier alpha value is -2.01. The van der Waals surface area contributed by atoms with Crippen molar-refractivity contribution in [3.8, 4) is 10.4 Å². The van der Waals surface area contributed by atoms with E-state index in [1.807, 2.05) is 12.1 Å². The van der Waals surface area contributed by atoms with Crippen LogP contribution in [0.2, 0.25) is 0 Å². The van der Waals surface area contributed by atoms with Crippen LogP contribution in [0.25, 0.3) is 21.3 Å². The molecule has 0 saturated carbocycles. The summed E-state index contributed by atoms with van der Waals surface area (Å²) in [6, 6.07) is 3.73. The van der Waals surface area contributed by atoms with Gasteiger partial charge in [0.05, 0.1) is 16.6 Å². The molecule has 0 fully saturated rings. The number of aromatic nitrogens is 3. The summed E-state index contributed by atoms with van der Waals surface area (Å²) < 4.78 is 0. The average molecular weight is 229 g/mol. The molecular formula is C11H7N3OS. The second-order valence-corrected chi connectivity index (χ2v) is 4.46. The lowest BCUT2D eigenvalue weighted by Gasteiger charge is -1.97. The number of H-pyrrole nitrogens is 1. The highest BCUT2D eigenvalue weighted by Gasteiger charge is 2.08. The third-order valence-corrected chi connectivity index (χ3v) is 3.41. The molecule has 5 heteroatoms. The summed E-state index contributed by atoms with van der Waals surface area (Å²) in [7, 11) is 0. The number of pyridine rings is 1. The summed E-state index contributed by atoms with van der Waals surface area (Å²) in [5, 5.41) is 7.90. The van der Waals surface area contributed by atoms with E-state index in [0.717, 1.165) is 27.6 Å². The number of carbonyl (C=O) groups is 1. The second kappa shape index (κ2) is 3.53. The van der Waals surface area contributed by atoms with E-state index in [0.29, 0.717) is 4.88 Å². The molecule has 0 atom stereocenters. The molecule has 0 amide bonds. The van der Waals surface area contributed by atoms with Crippen LogP contribution in [0.4, 0.5) is 0 Å². The first-order chi connectivity index (χ1) is 7.88. The summed E-state index contributed by atoms with van der Waals surface area (Å²) in [4.78, 5) is 16.5. The van der Waals surface area contributed by atoms with Gasteiger partial charge in [-0.1, -0.05) is 0 Å². The lowest BCUT2D eigenvalue weighted by Crippen LogP contribution is -1.79. The Morgan fingerprint density at radius 1 is 1.25 bits per heavy atom. The highest BCUT2D eigenvalue weighted by Crippen LogP contribution is 2.31. The maximum absolute atomic E-state index is 10.6. The van der Waals surface area contributed by atoms with Crippen molar-refractivity contribution in [3.63, 3.8) is 0 Å². The molecule has 0 spiro atoms. The van der Waals surface area contributed by atoms with E-state index in [1.165, 1.54) is 11.3 Å². The smallest absolute Gasteiger partial charge is 0.160 e. The van der Waals surface area contributed by atoms with Crippen LogP contribution in [-0.2, 0) is 0 Å². The summed E-state index contributed by atoms with van der Waals surface area (Å²) in [6.45, 7) is 0. The minimum absolute atomic E-state index is 0.714. The van der Waals surface area contributed by atoms with Gasteiger partial charge >= 0.3 is 0 Å². The van der Waals surface area contributed by atoms with Crippen LogP contribution in [0, 0.1) is 0 Å². The lowest BCUT2D eigenvalue weighted by molar-refractivity contribution is 0.112. The SMILES string of the molecule is O=Cc1ccc(-c2cncc3cn[nH]c23)s1. The number of rotatable bonds is 2. The first-order valence-electron chi connectivity index (χ1n) is 4.71. The van der Waals surface area contributed by atoms with Gasteiger partial charge < -0.3 is 0 Å². The Morgan fingerprint density at radius 2 is 2.19 bits per heavy atom. The number of carbonyl (C=O) groups excluding carboxylic acids is 1. The fraction of sp³-hybridized carbons (Fsp3) is 0. The van der Waals surface area contributed by atoms with Crippen molar-refractivity contribution in [1.82, 2.24) is 15.2 Å². The van der Waals surface area contributed by atoms with Gasteiger partial charge in [-0.3, -0.25) is 14.9 Å². The first kappa shape index (κ1) is 9.23. The molecule has 0 aromatic carbocycles. The zero-order chi connectivity index (χ0) is 11.0. The van der Waals surface area contributed by atoms with E-state index in [1.54, 1.807) is 18.6 Å². The van der Waals surface area contributed by atoms with Crippen LogP contribution in [0.1, 0.15) is 9.67 Å². The first-order valence-corrected chi connectivity index (χ1v) is 5.52. The standard InChI is InChI=1S/C11H7N3OS/c15-6-8-1-2-10(16-8)9-5-12-3-7-4-13-14-11(7)9/h1-6H,(H,13,14). The topological polar surface area (TPSA) is 58.6 Å². The van der Waals surface area contributed by atoms with E-state index in [-0.39, 0.29) is 0 Å². The summed E-state index contributed by atoms with van der Waals surface area (Å²) in [6.07, 6.45) is 6.13. The van der Waals surface area contributed by atoms with E-state index < -0.39 is 0 Å². The summed E-state index contributed by atoms with van der Waals surface area (Å²) in [5.74, 6) is 0. The summed E-state index contributed by atoms with van der Waals surface area (Å²) >= 11 is 1.45. The number of hydrogen-bond donors (Lipinski definition) is 1. The van der Waals surface area contributed by atoms with Gasteiger partial charge in [0.2, 0.25) is 0 Å². The van der Waals surface area contributed by atoms with Crippen LogP contribution < -0.4 is 0 Å². The van der Waals surface area contributed by atoms with Crippen molar-refractivity contribution in [3.05, 3.63) is 35.6 Å². The number of aromatic amines is 1. The van der Waals surface area contributed by atoms with Crippen molar-refractivity contribution in [1.29, 1.82) is 0 Å². The summed E-state index contributed by atoms with van der Waals surface area (Å²) in [5.41, 5.74) is 1.93. The van der Waals surface area contributed by atoms with Crippen molar-refractivity contribution in [2.24, 2.45) is 0 Å². The molecule has 0 bridgehead atoms. The molecule has 0 aliphatic heterocycles. The van der Waals surface area contributed by atoms with E-state index in [2.05, 4.69) is 15.2 Å². The number of thiophene rings is 1. The Labute approximate surface area is 95.0 Å². The average Bonchev–Trinajstić information content (AvgIpc) is 2.97. The zero-order valence-corrected chi connectivity index (χ0v) is 8.99. The maximum Gasteiger partial charge on any atom is 0.160 e. The van der Waals surface area contributed by atoms with Crippen molar-refractivity contribution in [2.75, 3.05) is 0 Å². The molecular weight excluding hydrogens is 222 g/mol. The van der Waals surface area contributed by atoms with Crippen molar-refractivity contribution in [2.45, 2.75) is 0 Å². The monoisotopic (exact) mass is 229 g/mol. The highest BCUT2D eigenvalue weighted by atomic mass is 32.1. The second-order valence-electron chi connectivity index (χ2n) is 3.34. The molecule has 3 aromatic rings. The molecule has 78 valence electrons. The third kappa shape index (κ3) is 1.33.